The molecule has 0 aliphatic heterocycles. The number of nitrogens with zero attached hydrogens (tertiary/aromatic N) is 1. The second kappa shape index (κ2) is 6.60. The Hall–Kier alpha value is -0.500. The Morgan fingerprint density at radius 2 is 2.06 bits per heavy atom. The minimum atomic E-state index is -3.17. The van der Waals surface area contributed by atoms with E-state index >= 15 is 0 Å². The summed E-state index contributed by atoms with van der Waals surface area (Å²) in [5.41, 5.74) is 0.888. The lowest BCUT2D eigenvalue weighted by Gasteiger charge is -2.12. The van der Waals surface area contributed by atoms with Crippen molar-refractivity contribution in [3.63, 3.8) is 0 Å². The number of hydrogen-bond donors (Lipinski definition) is 1. The maximum atomic E-state index is 12.8. The summed E-state index contributed by atoms with van der Waals surface area (Å²) in [6.07, 6.45) is 0. The molecule has 1 N–H and O–H groups in total. The molecule has 0 unspecified atom stereocenters. The minimum absolute atomic E-state index is 0.0405. The first kappa shape index (κ1) is 15.6. The van der Waals surface area contributed by atoms with Gasteiger partial charge < -0.3 is 5.32 Å². The number of rotatable bonds is 6. The highest BCUT2D eigenvalue weighted by molar-refractivity contribution is 9.10. The Morgan fingerprint density at radius 1 is 1.39 bits per heavy atom. The monoisotopic (exact) mass is 338 g/mol. The van der Waals surface area contributed by atoms with E-state index in [0.29, 0.717) is 17.6 Å². The lowest BCUT2D eigenvalue weighted by atomic mass is 10.2. The Kier molecular flexibility index (Phi) is 5.71. The van der Waals surface area contributed by atoms with Crippen molar-refractivity contribution in [2.75, 3.05) is 26.4 Å². The van der Waals surface area contributed by atoms with Crippen LogP contribution in [0.25, 0.3) is 0 Å². The molecule has 0 saturated heterocycles. The summed E-state index contributed by atoms with van der Waals surface area (Å²) in [6, 6.07) is 4.42. The van der Waals surface area contributed by atoms with Gasteiger partial charge >= 0.3 is 0 Å². The molecule has 1 rings (SSSR count). The van der Waals surface area contributed by atoms with Crippen molar-refractivity contribution in [1.29, 1.82) is 0 Å². The van der Waals surface area contributed by atoms with E-state index < -0.39 is 10.0 Å². The van der Waals surface area contributed by atoms with Crippen LogP contribution in [-0.2, 0) is 16.6 Å². The zero-order valence-corrected chi connectivity index (χ0v) is 12.7. The van der Waals surface area contributed by atoms with Crippen molar-refractivity contribution in [3.05, 3.63) is 34.1 Å². The summed E-state index contributed by atoms with van der Waals surface area (Å²) in [4.78, 5) is 0. The maximum Gasteiger partial charge on any atom is 0.214 e. The summed E-state index contributed by atoms with van der Waals surface area (Å²) in [6.45, 7) is 0.841. The predicted molar refractivity (Wildman–Crippen MR) is 73.3 cm³/mol. The average Bonchev–Trinajstić information content (AvgIpc) is 2.26. The van der Waals surface area contributed by atoms with Crippen molar-refractivity contribution in [2.24, 2.45) is 0 Å². The van der Waals surface area contributed by atoms with Crippen LogP contribution in [0.2, 0.25) is 0 Å². The molecule has 7 heteroatoms. The molecular weight excluding hydrogens is 323 g/mol. The van der Waals surface area contributed by atoms with Crippen LogP contribution in [0, 0.1) is 5.82 Å². The van der Waals surface area contributed by atoms with Crippen LogP contribution in [0.4, 0.5) is 4.39 Å². The van der Waals surface area contributed by atoms with E-state index in [0.717, 1.165) is 5.56 Å². The molecule has 0 saturated carbocycles. The molecule has 0 aliphatic rings. The van der Waals surface area contributed by atoms with Crippen LogP contribution in [-0.4, -0.2) is 39.1 Å². The molecule has 4 nitrogen and oxygen atoms in total. The van der Waals surface area contributed by atoms with Gasteiger partial charge in [0, 0.05) is 31.7 Å². The Labute approximate surface area is 115 Å². The van der Waals surface area contributed by atoms with Gasteiger partial charge in [0.1, 0.15) is 5.82 Å². The third kappa shape index (κ3) is 4.64. The Balaban J connectivity index is 2.43. The molecule has 0 atom stereocenters. The van der Waals surface area contributed by atoms with Crippen LogP contribution in [0.3, 0.4) is 0 Å². The molecule has 0 bridgehead atoms. The fourth-order valence-electron chi connectivity index (χ4n) is 1.27. The summed E-state index contributed by atoms with van der Waals surface area (Å²) < 4.78 is 37.7. The second-order valence-electron chi connectivity index (χ2n) is 4.01. The maximum absolute atomic E-state index is 12.8. The summed E-state index contributed by atoms with van der Waals surface area (Å²) in [5, 5.41) is 3.01. The summed E-state index contributed by atoms with van der Waals surface area (Å²) in [7, 11) is -0.159. The molecule has 0 radical (unpaired) electrons. The van der Waals surface area contributed by atoms with Gasteiger partial charge in [0.2, 0.25) is 10.0 Å². The number of hydrogen-bond acceptors (Lipinski definition) is 3. The Bertz CT molecular complexity index is 506. The topological polar surface area (TPSA) is 49.4 Å². The van der Waals surface area contributed by atoms with Crippen LogP contribution in [0.5, 0.6) is 0 Å². The molecule has 0 fully saturated rings. The molecule has 18 heavy (non-hydrogen) atoms. The van der Waals surface area contributed by atoms with Crippen molar-refractivity contribution < 1.29 is 12.8 Å². The molecule has 0 heterocycles. The highest BCUT2D eigenvalue weighted by atomic mass is 79.9. The first-order valence-corrected chi connectivity index (χ1v) is 7.78. The smallest absolute Gasteiger partial charge is 0.214 e. The Morgan fingerprint density at radius 3 is 2.61 bits per heavy atom. The van der Waals surface area contributed by atoms with Crippen molar-refractivity contribution in [3.8, 4) is 0 Å². The molecule has 1 aromatic carbocycles. The van der Waals surface area contributed by atoms with E-state index in [9.17, 15) is 12.8 Å². The number of halogens is 2. The van der Waals surface area contributed by atoms with Gasteiger partial charge in [-0.25, -0.2) is 17.1 Å². The fourth-order valence-corrected chi connectivity index (χ4v) is 2.53. The third-order valence-corrected chi connectivity index (χ3v) is 4.99. The third-order valence-electron chi connectivity index (χ3n) is 2.42. The van der Waals surface area contributed by atoms with Crippen molar-refractivity contribution >= 4 is 26.0 Å². The zero-order chi connectivity index (χ0) is 13.8. The predicted octanol–water partition coefficient (Wildman–Crippen LogP) is 1.57. The van der Waals surface area contributed by atoms with Gasteiger partial charge in [0.25, 0.3) is 0 Å². The van der Waals surface area contributed by atoms with E-state index in [1.165, 1.54) is 30.5 Å². The molecule has 102 valence electrons. The molecule has 0 amide bonds. The van der Waals surface area contributed by atoms with Crippen LogP contribution in [0.1, 0.15) is 5.56 Å². The summed E-state index contributed by atoms with van der Waals surface area (Å²) >= 11 is 3.26. The molecular formula is C11H16BrFN2O2S. The van der Waals surface area contributed by atoms with Gasteiger partial charge in [-0.2, -0.15) is 0 Å². The first-order valence-electron chi connectivity index (χ1n) is 5.38. The van der Waals surface area contributed by atoms with E-state index in [4.69, 9.17) is 0 Å². The molecule has 0 aliphatic carbocycles. The van der Waals surface area contributed by atoms with Gasteiger partial charge in [0.05, 0.1) is 5.75 Å². The normalized spacial score (nSPS) is 12.1. The molecule has 0 spiro atoms. The van der Waals surface area contributed by atoms with Crippen LogP contribution >= 0.6 is 15.9 Å². The van der Waals surface area contributed by atoms with Gasteiger partial charge in [-0.3, -0.25) is 0 Å². The fraction of sp³-hybridized carbons (Fsp3) is 0.455. The molecule has 0 aromatic heterocycles. The van der Waals surface area contributed by atoms with E-state index in [-0.39, 0.29) is 11.6 Å². The number of nitrogens with one attached hydrogen (secondary N) is 1. The van der Waals surface area contributed by atoms with Gasteiger partial charge in [-0.1, -0.05) is 22.0 Å². The van der Waals surface area contributed by atoms with Crippen LogP contribution in [0.15, 0.2) is 22.7 Å². The molecule has 1 aromatic rings. The highest BCUT2D eigenvalue weighted by Crippen LogP contribution is 2.17. The number of sulfonamides is 1. The average molecular weight is 339 g/mol. The van der Waals surface area contributed by atoms with Gasteiger partial charge in [-0.15, -0.1) is 0 Å². The minimum Gasteiger partial charge on any atom is -0.312 e. The van der Waals surface area contributed by atoms with E-state index in [1.807, 2.05) is 0 Å². The lowest BCUT2D eigenvalue weighted by Crippen LogP contribution is -2.31. The largest absolute Gasteiger partial charge is 0.312 e. The highest BCUT2D eigenvalue weighted by Gasteiger charge is 2.12. The lowest BCUT2D eigenvalue weighted by molar-refractivity contribution is 0.517. The first-order chi connectivity index (χ1) is 8.33. The van der Waals surface area contributed by atoms with Gasteiger partial charge in [0.15, 0.2) is 0 Å². The van der Waals surface area contributed by atoms with E-state index in [1.54, 1.807) is 6.07 Å². The standard InChI is InChI=1S/C11H16BrFN2O2S/c1-15(2)18(16,17)6-5-14-8-9-3-4-10(13)7-11(9)12/h3-4,7,14H,5-6,8H2,1-2H3. The van der Waals surface area contributed by atoms with E-state index in [2.05, 4.69) is 21.2 Å². The summed E-state index contributed by atoms with van der Waals surface area (Å²) in [5.74, 6) is -0.264. The van der Waals surface area contributed by atoms with Crippen LogP contribution < -0.4 is 5.32 Å². The van der Waals surface area contributed by atoms with Crippen molar-refractivity contribution in [2.45, 2.75) is 6.54 Å². The quantitative estimate of drug-likeness (QED) is 0.801. The second-order valence-corrected chi connectivity index (χ2v) is 7.17. The van der Waals surface area contributed by atoms with Gasteiger partial charge in [-0.05, 0) is 17.7 Å². The number of benzene rings is 1. The zero-order valence-electron chi connectivity index (χ0n) is 10.3. The van der Waals surface area contributed by atoms with Crippen molar-refractivity contribution in [1.82, 2.24) is 9.62 Å². The SMILES string of the molecule is CN(C)S(=O)(=O)CCNCc1ccc(F)cc1Br.